The Morgan fingerprint density at radius 2 is 1.65 bits per heavy atom. The summed E-state index contributed by atoms with van der Waals surface area (Å²) in [5, 5.41) is 0. The van der Waals surface area contributed by atoms with Gasteiger partial charge in [0, 0.05) is 43.0 Å². The lowest BCUT2D eigenvalue weighted by Crippen LogP contribution is -2.44. The first-order valence-electron chi connectivity index (χ1n) is 11.3. The SMILES string of the molecule is COc1ccc(C(=O)C=Cc2cc(-c3ccccc3OC)ccc2N2CCN(C)CC2)cc1F. The summed E-state index contributed by atoms with van der Waals surface area (Å²) in [5.74, 6) is 0.0728. The van der Waals surface area contributed by atoms with Gasteiger partial charge in [-0.3, -0.25) is 4.79 Å². The number of rotatable bonds is 7. The largest absolute Gasteiger partial charge is 0.496 e. The molecule has 4 rings (SSSR count). The average Bonchev–Trinajstić information content (AvgIpc) is 2.87. The van der Waals surface area contributed by atoms with E-state index in [1.807, 2.05) is 30.3 Å². The number of carbonyl (C=O) groups is 1. The summed E-state index contributed by atoms with van der Waals surface area (Å²) in [5.41, 5.74) is 4.25. The van der Waals surface area contributed by atoms with Crippen molar-refractivity contribution in [3.8, 4) is 22.6 Å². The first-order chi connectivity index (χ1) is 16.5. The molecule has 0 spiro atoms. The zero-order valence-electron chi connectivity index (χ0n) is 19.8. The van der Waals surface area contributed by atoms with E-state index in [1.54, 1.807) is 13.2 Å². The van der Waals surface area contributed by atoms with E-state index in [0.717, 1.165) is 54.3 Å². The molecule has 0 aromatic heterocycles. The number of methoxy groups -OCH3 is 2. The second kappa shape index (κ2) is 10.5. The number of hydrogen-bond donors (Lipinski definition) is 0. The molecule has 1 fully saturated rings. The van der Waals surface area contributed by atoms with E-state index in [0.29, 0.717) is 0 Å². The number of allylic oxidation sites excluding steroid dienone is 1. The maximum absolute atomic E-state index is 14.1. The fraction of sp³-hybridized carbons (Fsp3) is 0.250. The summed E-state index contributed by atoms with van der Waals surface area (Å²) < 4.78 is 24.6. The van der Waals surface area contributed by atoms with Crippen molar-refractivity contribution in [3.63, 3.8) is 0 Å². The Balaban J connectivity index is 1.70. The second-order valence-corrected chi connectivity index (χ2v) is 8.31. The van der Waals surface area contributed by atoms with Gasteiger partial charge in [-0.05, 0) is 66.7 Å². The second-order valence-electron chi connectivity index (χ2n) is 8.31. The number of likely N-dealkylation sites (N-methyl/N-ethyl adjacent to an activating group) is 1. The Labute approximate surface area is 200 Å². The monoisotopic (exact) mass is 460 g/mol. The van der Waals surface area contributed by atoms with E-state index in [1.165, 1.54) is 25.3 Å². The third-order valence-electron chi connectivity index (χ3n) is 6.14. The lowest BCUT2D eigenvalue weighted by atomic mass is 9.99. The number of ketones is 1. The number of para-hydroxylation sites is 1. The van der Waals surface area contributed by atoms with E-state index in [-0.39, 0.29) is 17.1 Å². The molecule has 3 aromatic rings. The van der Waals surface area contributed by atoms with Gasteiger partial charge >= 0.3 is 0 Å². The third kappa shape index (κ3) is 5.13. The molecule has 0 radical (unpaired) electrons. The van der Waals surface area contributed by atoms with E-state index >= 15 is 0 Å². The van der Waals surface area contributed by atoms with Crippen molar-refractivity contribution in [2.75, 3.05) is 52.3 Å². The number of piperazine rings is 1. The predicted molar refractivity (Wildman–Crippen MR) is 134 cm³/mol. The number of nitrogens with zero attached hydrogens (tertiary/aromatic N) is 2. The maximum atomic E-state index is 14.1. The van der Waals surface area contributed by atoms with Crippen LogP contribution in [0.2, 0.25) is 0 Å². The van der Waals surface area contributed by atoms with Crippen molar-refractivity contribution in [3.05, 3.63) is 83.7 Å². The molecule has 0 saturated carbocycles. The highest BCUT2D eigenvalue weighted by molar-refractivity contribution is 6.07. The van der Waals surface area contributed by atoms with Crippen molar-refractivity contribution in [1.82, 2.24) is 4.90 Å². The van der Waals surface area contributed by atoms with E-state index in [9.17, 15) is 9.18 Å². The van der Waals surface area contributed by atoms with Crippen LogP contribution in [0, 0.1) is 5.82 Å². The van der Waals surface area contributed by atoms with Crippen LogP contribution in [-0.4, -0.2) is 58.1 Å². The van der Waals surface area contributed by atoms with Gasteiger partial charge in [-0.2, -0.15) is 0 Å². The normalized spacial score (nSPS) is 14.4. The van der Waals surface area contributed by atoms with Crippen molar-refractivity contribution in [2.24, 2.45) is 0 Å². The molecule has 0 atom stereocenters. The zero-order valence-corrected chi connectivity index (χ0v) is 19.8. The third-order valence-corrected chi connectivity index (χ3v) is 6.14. The van der Waals surface area contributed by atoms with Crippen LogP contribution < -0.4 is 14.4 Å². The fourth-order valence-corrected chi connectivity index (χ4v) is 4.16. The number of benzene rings is 3. The molecule has 1 aliphatic rings. The highest BCUT2D eigenvalue weighted by atomic mass is 19.1. The van der Waals surface area contributed by atoms with Crippen molar-refractivity contribution < 1.29 is 18.7 Å². The molecule has 0 aliphatic carbocycles. The van der Waals surface area contributed by atoms with Crippen LogP contribution in [0.15, 0.2) is 66.7 Å². The summed E-state index contributed by atoms with van der Waals surface area (Å²) in [7, 11) is 5.18. The van der Waals surface area contributed by atoms with Crippen molar-refractivity contribution in [1.29, 1.82) is 0 Å². The summed E-state index contributed by atoms with van der Waals surface area (Å²) in [4.78, 5) is 17.5. The lowest BCUT2D eigenvalue weighted by Gasteiger charge is -2.35. The number of halogens is 1. The molecule has 5 nitrogen and oxygen atoms in total. The Hall–Kier alpha value is -3.64. The molecule has 1 saturated heterocycles. The van der Waals surface area contributed by atoms with Gasteiger partial charge in [-0.25, -0.2) is 4.39 Å². The predicted octanol–water partition coefficient (Wildman–Crippen LogP) is 5.16. The molecule has 0 bridgehead atoms. The molecule has 34 heavy (non-hydrogen) atoms. The van der Waals surface area contributed by atoms with Gasteiger partial charge in [0.05, 0.1) is 14.2 Å². The molecule has 0 N–H and O–H groups in total. The molecule has 176 valence electrons. The first kappa shape index (κ1) is 23.5. The smallest absolute Gasteiger partial charge is 0.185 e. The average molecular weight is 461 g/mol. The minimum Gasteiger partial charge on any atom is -0.496 e. The van der Waals surface area contributed by atoms with Crippen LogP contribution in [0.4, 0.5) is 10.1 Å². The molecule has 6 heteroatoms. The Kier molecular flexibility index (Phi) is 7.28. The lowest BCUT2D eigenvalue weighted by molar-refractivity contribution is 0.104. The number of carbonyl (C=O) groups excluding carboxylic acids is 1. The molecule has 3 aromatic carbocycles. The van der Waals surface area contributed by atoms with Crippen LogP contribution in [0.25, 0.3) is 17.2 Å². The van der Waals surface area contributed by atoms with Crippen LogP contribution in [0.3, 0.4) is 0 Å². The van der Waals surface area contributed by atoms with Crippen molar-refractivity contribution >= 4 is 17.5 Å². The molecular weight excluding hydrogens is 431 g/mol. The van der Waals surface area contributed by atoms with Crippen LogP contribution in [0.5, 0.6) is 11.5 Å². The fourth-order valence-electron chi connectivity index (χ4n) is 4.16. The molecule has 1 heterocycles. The van der Waals surface area contributed by atoms with Gasteiger partial charge in [-0.15, -0.1) is 0 Å². The van der Waals surface area contributed by atoms with E-state index < -0.39 is 5.82 Å². The van der Waals surface area contributed by atoms with Gasteiger partial charge in [0.15, 0.2) is 17.3 Å². The van der Waals surface area contributed by atoms with E-state index in [4.69, 9.17) is 9.47 Å². The van der Waals surface area contributed by atoms with Crippen LogP contribution in [0.1, 0.15) is 15.9 Å². The van der Waals surface area contributed by atoms with E-state index in [2.05, 4.69) is 35.0 Å². The number of hydrogen-bond acceptors (Lipinski definition) is 5. The Bertz CT molecular complexity index is 1200. The van der Waals surface area contributed by atoms with Crippen LogP contribution in [-0.2, 0) is 0 Å². The van der Waals surface area contributed by atoms with Gasteiger partial charge in [0.25, 0.3) is 0 Å². The number of anilines is 1. The van der Waals surface area contributed by atoms with Gasteiger partial charge in [0.1, 0.15) is 5.75 Å². The molecular formula is C28H29FN2O3. The first-order valence-corrected chi connectivity index (χ1v) is 11.3. The summed E-state index contributed by atoms with van der Waals surface area (Å²) in [6.45, 7) is 3.76. The zero-order chi connectivity index (χ0) is 24.1. The van der Waals surface area contributed by atoms with Crippen molar-refractivity contribution in [2.45, 2.75) is 0 Å². The Morgan fingerprint density at radius 1 is 0.912 bits per heavy atom. The maximum Gasteiger partial charge on any atom is 0.185 e. The quantitative estimate of drug-likeness (QED) is 0.360. The molecule has 0 amide bonds. The van der Waals surface area contributed by atoms with Gasteiger partial charge in [-0.1, -0.05) is 24.3 Å². The summed E-state index contributed by atoms with van der Waals surface area (Å²) in [6.07, 6.45) is 3.32. The standard InChI is InChI=1S/C28H29FN2O3/c1-30-14-16-31(17-15-30)25-11-8-20(23-6-4-5-7-27(23)33-2)18-21(25)9-12-26(32)22-10-13-28(34-3)24(29)19-22/h4-13,18-19H,14-17H2,1-3H3. The topological polar surface area (TPSA) is 42.0 Å². The molecule has 0 unspecified atom stereocenters. The summed E-state index contributed by atoms with van der Waals surface area (Å²) in [6, 6.07) is 18.4. The highest BCUT2D eigenvalue weighted by Gasteiger charge is 2.18. The Morgan fingerprint density at radius 3 is 2.35 bits per heavy atom. The van der Waals surface area contributed by atoms with Gasteiger partial charge in [0.2, 0.25) is 0 Å². The van der Waals surface area contributed by atoms with Gasteiger partial charge < -0.3 is 19.3 Å². The van der Waals surface area contributed by atoms with Crippen LogP contribution >= 0.6 is 0 Å². The molecule has 1 aliphatic heterocycles. The summed E-state index contributed by atoms with van der Waals surface area (Å²) >= 11 is 0. The minimum atomic E-state index is -0.557. The minimum absolute atomic E-state index is 0.113. The number of ether oxygens (including phenoxy) is 2. The highest BCUT2D eigenvalue weighted by Crippen LogP contribution is 2.34.